The van der Waals surface area contributed by atoms with E-state index < -0.39 is 63.7 Å². The number of halogens is 6. The van der Waals surface area contributed by atoms with Gasteiger partial charge in [-0.15, -0.1) is 31.1 Å². The van der Waals surface area contributed by atoms with E-state index in [1.165, 1.54) is 11.3 Å². The zero-order chi connectivity index (χ0) is 38.3. The summed E-state index contributed by atoms with van der Waals surface area (Å²) in [4.78, 5) is 43.9. The van der Waals surface area contributed by atoms with Gasteiger partial charge in [-0.2, -0.15) is 13.2 Å². The highest BCUT2D eigenvalue weighted by Gasteiger charge is 2.43. The minimum Gasteiger partial charge on any atom is -0.457 e. The van der Waals surface area contributed by atoms with E-state index in [-0.39, 0.29) is 24.5 Å². The first kappa shape index (κ1) is 46.4. The second-order valence-corrected chi connectivity index (χ2v) is 15.6. The standard InChI is InChI=1S/C33H43Cl3F3NO6S.C2H4/c1-10-12-19(3)28(46-30(43)44-18-32(34,35)36)22(6)29(42)31(8,9)21(5)16-27(41)45-26(14-13-24(11-2)33(37,38)39)20(4)15-25-17-47-23(7)40-25;1-2/h10-11,13,15,17,19,21-22,26,28H,1-2,12,14,16,18H2,3-9H3;1-2H2/b20-15+,24-13+;/t19-,21-,22+,26-,28-;/m0./s1. The van der Waals surface area contributed by atoms with Crippen LogP contribution in [0.3, 0.4) is 0 Å². The van der Waals surface area contributed by atoms with Crippen molar-refractivity contribution in [1.82, 2.24) is 4.98 Å². The van der Waals surface area contributed by atoms with Crippen LogP contribution in [0.4, 0.5) is 18.0 Å². The molecule has 0 aliphatic rings. The molecule has 1 aromatic heterocycles. The fourth-order valence-corrected chi connectivity index (χ4v) is 5.47. The van der Waals surface area contributed by atoms with Gasteiger partial charge in [0.15, 0.2) is 0 Å². The highest BCUT2D eigenvalue weighted by Crippen LogP contribution is 2.37. The average molecular weight is 773 g/mol. The first-order chi connectivity index (χ1) is 22.5. The van der Waals surface area contributed by atoms with Gasteiger partial charge in [0, 0.05) is 23.6 Å². The maximum atomic E-state index is 13.9. The quantitative estimate of drug-likeness (QED) is 0.0674. The van der Waals surface area contributed by atoms with Gasteiger partial charge < -0.3 is 14.2 Å². The highest BCUT2D eigenvalue weighted by atomic mass is 35.6. The van der Waals surface area contributed by atoms with Crippen LogP contribution >= 0.6 is 46.1 Å². The normalized spacial score (nSPS) is 15.8. The number of rotatable bonds is 17. The first-order valence-corrected chi connectivity index (χ1v) is 17.3. The van der Waals surface area contributed by atoms with Gasteiger partial charge in [0.1, 0.15) is 24.6 Å². The highest BCUT2D eigenvalue weighted by molar-refractivity contribution is 7.09. The Morgan fingerprint density at radius 2 is 1.63 bits per heavy atom. The SMILES string of the molecule is C=C.C=CC[C@H](C)[C@H](OC(=O)OCC(Cl)(Cl)Cl)[C@@H](C)C(=O)C(C)(C)[C@@H](C)CC(=O)O[C@@H](C/C=C(\C=C)C(F)(F)F)/C(C)=C/c1csc(C)n1. The van der Waals surface area contributed by atoms with Crippen LogP contribution in [0.2, 0.25) is 0 Å². The number of allylic oxidation sites excluding steroid dienone is 3. The molecular formula is C35H47Cl3F3NO6S. The lowest BCUT2D eigenvalue weighted by Gasteiger charge is -2.36. The maximum Gasteiger partial charge on any atom is 0.508 e. The molecule has 0 unspecified atom stereocenters. The molecule has 1 rings (SSSR count). The van der Waals surface area contributed by atoms with Crippen molar-refractivity contribution in [3.63, 3.8) is 0 Å². The number of carbonyl (C=O) groups is 3. The molecule has 0 saturated heterocycles. The minimum absolute atomic E-state index is 0.221. The van der Waals surface area contributed by atoms with Crippen molar-refractivity contribution in [2.75, 3.05) is 6.61 Å². The molecular weight excluding hydrogens is 726 g/mol. The van der Waals surface area contributed by atoms with Gasteiger partial charge in [0.2, 0.25) is 3.79 Å². The van der Waals surface area contributed by atoms with Gasteiger partial charge in [-0.25, -0.2) is 9.78 Å². The van der Waals surface area contributed by atoms with E-state index in [0.29, 0.717) is 23.8 Å². The average Bonchev–Trinajstić information content (AvgIpc) is 3.41. The number of ether oxygens (including phenoxy) is 3. The van der Waals surface area contributed by atoms with Gasteiger partial charge >= 0.3 is 18.3 Å². The number of aromatic nitrogens is 1. The Morgan fingerprint density at radius 1 is 1.04 bits per heavy atom. The Labute approximate surface area is 307 Å². The summed E-state index contributed by atoms with van der Waals surface area (Å²) in [6.45, 7) is 24.3. The monoisotopic (exact) mass is 771 g/mol. The molecule has 276 valence electrons. The van der Waals surface area contributed by atoms with E-state index in [0.717, 1.165) is 11.1 Å². The molecule has 0 amide bonds. The molecule has 0 N–H and O–H groups in total. The van der Waals surface area contributed by atoms with Crippen LogP contribution in [-0.2, 0) is 23.8 Å². The lowest BCUT2D eigenvalue weighted by Crippen LogP contribution is -2.44. The Balaban J connectivity index is 0.0000113. The molecule has 0 spiro atoms. The minimum atomic E-state index is -4.63. The number of hydrogen-bond acceptors (Lipinski definition) is 8. The van der Waals surface area contributed by atoms with Gasteiger partial charge in [-0.05, 0) is 43.8 Å². The summed E-state index contributed by atoms with van der Waals surface area (Å²) in [7, 11) is 0. The second-order valence-electron chi connectivity index (χ2n) is 12.0. The van der Waals surface area contributed by atoms with Crippen LogP contribution in [-0.4, -0.2) is 51.7 Å². The maximum absolute atomic E-state index is 13.9. The topological polar surface area (TPSA) is 91.8 Å². The Hall–Kier alpha value is -2.60. The van der Waals surface area contributed by atoms with E-state index in [9.17, 15) is 27.6 Å². The molecule has 0 saturated carbocycles. The number of nitrogens with zero attached hydrogens (tertiary/aromatic N) is 1. The number of Topliss-reactive ketones (excluding diaryl/α,β-unsaturated/α-hetero) is 1. The van der Waals surface area contributed by atoms with Gasteiger partial charge in [-0.3, -0.25) is 9.59 Å². The molecule has 49 heavy (non-hydrogen) atoms. The molecule has 14 heteroatoms. The number of aryl methyl sites for hydroxylation is 1. The smallest absolute Gasteiger partial charge is 0.457 e. The number of esters is 1. The summed E-state index contributed by atoms with van der Waals surface area (Å²) in [5, 5.41) is 2.58. The van der Waals surface area contributed by atoms with Crippen molar-refractivity contribution in [2.45, 2.75) is 89.9 Å². The second kappa shape index (κ2) is 20.9. The van der Waals surface area contributed by atoms with E-state index in [4.69, 9.17) is 49.0 Å². The number of alkyl halides is 6. The summed E-state index contributed by atoms with van der Waals surface area (Å²) in [5.41, 5.74) is -1.01. The molecule has 1 aromatic rings. The van der Waals surface area contributed by atoms with Crippen LogP contribution in [0, 0.1) is 30.1 Å². The fraction of sp³-hybridized carbons (Fsp3) is 0.543. The van der Waals surface area contributed by atoms with Crippen LogP contribution < -0.4 is 0 Å². The molecule has 1 heterocycles. The number of hydrogen-bond donors (Lipinski definition) is 0. The zero-order valence-electron chi connectivity index (χ0n) is 29.0. The molecule has 0 aliphatic carbocycles. The van der Waals surface area contributed by atoms with Crippen molar-refractivity contribution in [3.8, 4) is 0 Å². The third-order valence-corrected chi connectivity index (χ3v) is 8.94. The number of ketones is 1. The van der Waals surface area contributed by atoms with E-state index >= 15 is 0 Å². The van der Waals surface area contributed by atoms with Crippen molar-refractivity contribution in [1.29, 1.82) is 0 Å². The molecule has 0 aliphatic heterocycles. The number of thiazole rings is 1. The van der Waals surface area contributed by atoms with Crippen molar-refractivity contribution in [3.05, 3.63) is 71.8 Å². The van der Waals surface area contributed by atoms with Crippen LogP contribution in [0.25, 0.3) is 6.08 Å². The van der Waals surface area contributed by atoms with E-state index in [2.05, 4.69) is 31.3 Å². The first-order valence-electron chi connectivity index (χ1n) is 15.3. The van der Waals surface area contributed by atoms with Crippen LogP contribution in [0.15, 0.2) is 61.1 Å². The molecule has 7 nitrogen and oxygen atoms in total. The fourth-order valence-electron chi connectivity index (χ4n) is 4.73. The number of carbonyl (C=O) groups excluding carboxylic acids is 3. The van der Waals surface area contributed by atoms with Gasteiger partial charge in [0.05, 0.1) is 22.2 Å². The predicted molar refractivity (Wildman–Crippen MR) is 193 cm³/mol. The molecule has 0 aromatic carbocycles. The van der Waals surface area contributed by atoms with Gasteiger partial charge in [-0.1, -0.05) is 94.2 Å². The molecule has 0 bridgehead atoms. The third kappa shape index (κ3) is 16.3. The summed E-state index contributed by atoms with van der Waals surface area (Å²) >= 11 is 18.4. The largest absolute Gasteiger partial charge is 0.508 e. The summed E-state index contributed by atoms with van der Waals surface area (Å²) in [5.74, 6) is -2.78. The molecule has 0 radical (unpaired) electrons. The van der Waals surface area contributed by atoms with Crippen molar-refractivity contribution < 1.29 is 41.8 Å². The van der Waals surface area contributed by atoms with Crippen LogP contribution in [0.1, 0.15) is 71.5 Å². The van der Waals surface area contributed by atoms with Crippen molar-refractivity contribution in [2.24, 2.45) is 23.2 Å². The lowest BCUT2D eigenvalue weighted by molar-refractivity contribution is -0.150. The lowest BCUT2D eigenvalue weighted by atomic mass is 9.69. The van der Waals surface area contributed by atoms with Crippen LogP contribution in [0.5, 0.6) is 0 Å². The van der Waals surface area contributed by atoms with Crippen molar-refractivity contribution >= 4 is 70.1 Å². The summed E-state index contributed by atoms with van der Waals surface area (Å²) < 4.78 is 54.4. The van der Waals surface area contributed by atoms with E-state index in [1.54, 1.807) is 59.1 Å². The van der Waals surface area contributed by atoms with E-state index in [1.807, 2.05) is 6.92 Å². The van der Waals surface area contributed by atoms with Gasteiger partial charge in [0.25, 0.3) is 0 Å². The zero-order valence-corrected chi connectivity index (χ0v) is 32.1. The summed E-state index contributed by atoms with van der Waals surface area (Å²) in [6, 6.07) is 0. The molecule has 0 fully saturated rings. The Kier molecular flexibility index (Phi) is 19.8. The predicted octanol–water partition coefficient (Wildman–Crippen LogP) is 11.0. The third-order valence-electron chi connectivity index (χ3n) is 7.82. The summed E-state index contributed by atoms with van der Waals surface area (Å²) in [6.07, 6.45) is -2.89. The molecule has 5 atom stereocenters. The Morgan fingerprint density at radius 3 is 2.10 bits per heavy atom. The Bertz CT molecular complexity index is 1340.